The number of hydrogen-bond donors (Lipinski definition) is 1. The first-order chi connectivity index (χ1) is 12.7. The van der Waals surface area contributed by atoms with Gasteiger partial charge in [0.05, 0.1) is 31.6 Å². The summed E-state index contributed by atoms with van der Waals surface area (Å²) in [5, 5.41) is 7.53. The number of methoxy groups -OCH3 is 1. The van der Waals surface area contributed by atoms with Gasteiger partial charge in [-0.25, -0.2) is 4.79 Å². The Morgan fingerprint density at radius 3 is 3.08 bits per heavy atom. The minimum Gasteiger partial charge on any atom is -0.493 e. The zero-order chi connectivity index (χ0) is 18.1. The Morgan fingerprint density at radius 2 is 2.31 bits per heavy atom. The zero-order valence-corrected chi connectivity index (χ0v) is 14.1. The van der Waals surface area contributed by atoms with Crippen molar-refractivity contribution in [2.75, 3.05) is 25.6 Å². The molecule has 1 atom stereocenters. The summed E-state index contributed by atoms with van der Waals surface area (Å²) < 4.78 is 17.6. The van der Waals surface area contributed by atoms with Crippen molar-refractivity contribution < 1.29 is 18.7 Å². The number of fused-ring (bicyclic) bond motifs is 1. The summed E-state index contributed by atoms with van der Waals surface area (Å²) in [7, 11) is 1.49. The fraction of sp³-hybridized carbons (Fsp3) is 0.278. The number of carbonyl (C=O) groups excluding carboxylic acids is 1. The van der Waals surface area contributed by atoms with Crippen LogP contribution in [0.3, 0.4) is 0 Å². The number of nitrogens with zero attached hydrogens (tertiary/aromatic N) is 2. The molecular weight excluding hydrogens is 338 g/mol. The predicted molar refractivity (Wildman–Crippen MR) is 93.7 cm³/mol. The second-order valence-corrected chi connectivity index (χ2v) is 6.01. The lowest BCUT2D eigenvalue weighted by atomic mass is 10.1. The molecule has 1 aromatic carbocycles. The van der Waals surface area contributed by atoms with Gasteiger partial charge in [0.15, 0.2) is 11.3 Å². The number of anilines is 1. The zero-order valence-electron chi connectivity index (χ0n) is 14.1. The Hall–Kier alpha value is -3.13. The number of aromatic nitrogens is 2. The molecule has 0 unspecified atom stereocenters. The molecule has 1 amide bonds. The van der Waals surface area contributed by atoms with E-state index >= 15 is 0 Å². The highest BCUT2D eigenvalue weighted by molar-refractivity contribution is 6.05. The van der Waals surface area contributed by atoms with E-state index < -0.39 is 11.5 Å². The molecule has 26 heavy (non-hydrogen) atoms. The van der Waals surface area contributed by atoms with Crippen LogP contribution in [-0.4, -0.2) is 36.0 Å². The molecule has 1 N–H and O–H groups in total. The van der Waals surface area contributed by atoms with E-state index in [-0.39, 0.29) is 11.6 Å². The van der Waals surface area contributed by atoms with E-state index in [9.17, 15) is 9.59 Å². The number of amides is 1. The molecule has 0 saturated carbocycles. The van der Waals surface area contributed by atoms with Crippen molar-refractivity contribution in [1.29, 1.82) is 0 Å². The SMILES string of the molecule is COc1cccc2cc(C(=O)Nc3cnn([C@@H]4CCOC4)c3)c(=O)oc12. The van der Waals surface area contributed by atoms with Gasteiger partial charge in [0, 0.05) is 18.2 Å². The van der Waals surface area contributed by atoms with Crippen LogP contribution >= 0.6 is 0 Å². The van der Waals surface area contributed by atoms with Gasteiger partial charge in [0.1, 0.15) is 5.56 Å². The van der Waals surface area contributed by atoms with Crippen molar-refractivity contribution in [1.82, 2.24) is 9.78 Å². The van der Waals surface area contributed by atoms with Crippen LogP contribution in [0.25, 0.3) is 11.0 Å². The average molecular weight is 355 g/mol. The Balaban J connectivity index is 1.60. The summed E-state index contributed by atoms with van der Waals surface area (Å²) in [6.45, 7) is 1.30. The number of para-hydroxylation sites is 1. The molecule has 1 saturated heterocycles. The second-order valence-electron chi connectivity index (χ2n) is 6.01. The van der Waals surface area contributed by atoms with Gasteiger partial charge in [-0.2, -0.15) is 5.10 Å². The third-order valence-corrected chi connectivity index (χ3v) is 4.33. The molecule has 3 aromatic rings. The normalized spacial score (nSPS) is 16.7. The fourth-order valence-corrected chi connectivity index (χ4v) is 2.97. The molecule has 1 fully saturated rings. The van der Waals surface area contributed by atoms with Crippen LogP contribution in [0.5, 0.6) is 5.75 Å². The highest BCUT2D eigenvalue weighted by Crippen LogP contribution is 2.25. The molecule has 0 aliphatic carbocycles. The van der Waals surface area contributed by atoms with Crippen LogP contribution in [0.4, 0.5) is 5.69 Å². The van der Waals surface area contributed by atoms with Crippen molar-refractivity contribution in [2.24, 2.45) is 0 Å². The summed E-state index contributed by atoms with van der Waals surface area (Å²) in [5.74, 6) is -0.114. The third kappa shape index (κ3) is 2.95. The van der Waals surface area contributed by atoms with E-state index in [1.54, 1.807) is 35.3 Å². The van der Waals surface area contributed by atoms with Crippen LogP contribution < -0.4 is 15.7 Å². The van der Waals surface area contributed by atoms with E-state index in [0.717, 1.165) is 6.42 Å². The molecule has 1 aliphatic rings. The van der Waals surface area contributed by atoms with Crippen molar-refractivity contribution in [3.8, 4) is 5.75 Å². The molecule has 8 heteroatoms. The maximum Gasteiger partial charge on any atom is 0.349 e. The Morgan fingerprint density at radius 1 is 1.42 bits per heavy atom. The van der Waals surface area contributed by atoms with Crippen molar-refractivity contribution in [3.63, 3.8) is 0 Å². The highest BCUT2D eigenvalue weighted by Gasteiger charge is 2.20. The van der Waals surface area contributed by atoms with E-state index in [1.807, 2.05) is 0 Å². The van der Waals surface area contributed by atoms with Crippen LogP contribution in [0.1, 0.15) is 22.8 Å². The lowest BCUT2D eigenvalue weighted by Gasteiger charge is -2.07. The standard InChI is InChI=1S/C18H17N3O5/c1-24-15-4-2-3-11-7-14(18(23)26-16(11)15)17(22)20-12-8-19-21(9-12)13-5-6-25-10-13/h2-4,7-9,13H,5-6,10H2,1H3,(H,20,22)/t13-/m1/s1. The van der Waals surface area contributed by atoms with E-state index in [4.69, 9.17) is 13.9 Å². The number of ether oxygens (including phenoxy) is 2. The maximum atomic E-state index is 12.5. The second kappa shape index (κ2) is 6.64. The van der Waals surface area contributed by atoms with E-state index in [2.05, 4.69) is 10.4 Å². The average Bonchev–Trinajstić information content (AvgIpc) is 3.32. The van der Waals surface area contributed by atoms with E-state index in [1.165, 1.54) is 13.2 Å². The first-order valence-corrected chi connectivity index (χ1v) is 8.20. The number of benzene rings is 1. The van der Waals surface area contributed by atoms with Gasteiger partial charge in [0.2, 0.25) is 0 Å². The molecule has 0 radical (unpaired) electrons. The van der Waals surface area contributed by atoms with Crippen LogP contribution in [0, 0.1) is 0 Å². The molecular formula is C18H17N3O5. The number of rotatable bonds is 4. The molecule has 2 aromatic heterocycles. The summed E-state index contributed by atoms with van der Waals surface area (Å²) >= 11 is 0. The quantitative estimate of drug-likeness (QED) is 0.721. The van der Waals surface area contributed by atoms with Gasteiger partial charge in [-0.1, -0.05) is 12.1 Å². The topological polar surface area (TPSA) is 95.6 Å². The Bertz CT molecular complexity index is 1020. The molecule has 0 bridgehead atoms. The Kier molecular flexibility index (Phi) is 4.18. The first kappa shape index (κ1) is 16.3. The van der Waals surface area contributed by atoms with Crippen molar-refractivity contribution in [2.45, 2.75) is 12.5 Å². The smallest absolute Gasteiger partial charge is 0.349 e. The first-order valence-electron chi connectivity index (χ1n) is 8.20. The molecule has 134 valence electrons. The molecule has 0 spiro atoms. The largest absolute Gasteiger partial charge is 0.493 e. The van der Waals surface area contributed by atoms with Gasteiger partial charge in [-0.15, -0.1) is 0 Å². The number of nitrogens with one attached hydrogen (secondary N) is 1. The minimum atomic E-state index is -0.726. The predicted octanol–water partition coefficient (Wildman–Crippen LogP) is 2.21. The van der Waals surface area contributed by atoms with Crippen LogP contribution in [0.2, 0.25) is 0 Å². The van der Waals surface area contributed by atoms with Gasteiger partial charge in [-0.3, -0.25) is 9.48 Å². The van der Waals surface area contributed by atoms with Crippen LogP contribution in [-0.2, 0) is 4.74 Å². The van der Waals surface area contributed by atoms with E-state index in [0.29, 0.717) is 35.6 Å². The van der Waals surface area contributed by atoms with Gasteiger partial charge in [0.25, 0.3) is 5.91 Å². The van der Waals surface area contributed by atoms with Gasteiger partial charge >= 0.3 is 5.63 Å². The van der Waals surface area contributed by atoms with Crippen molar-refractivity contribution >= 4 is 22.6 Å². The van der Waals surface area contributed by atoms with Gasteiger partial charge < -0.3 is 19.2 Å². The summed E-state index contributed by atoms with van der Waals surface area (Å²) in [6.07, 6.45) is 4.15. The molecule has 4 rings (SSSR count). The van der Waals surface area contributed by atoms with Gasteiger partial charge in [-0.05, 0) is 18.6 Å². The molecule has 8 nitrogen and oxygen atoms in total. The number of carbonyl (C=O) groups is 1. The molecule has 3 heterocycles. The Labute approximate surface area is 148 Å². The minimum absolute atomic E-state index is 0.0808. The third-order valence-electron chi connectivity index (χ3n) is 4.33. The monoisotopic (exact) mass is 355 g/mol. The fourth-order valence-electron chi connectivity index (χ4n) is 2.97. The summed E-state index contributed by atoms with van der Waals surface area (Å²) in [6, 6.07) is 6.85. The lowest BCUT2D eigenvalue weighted by Crippen LogP contribution is -2.20. The lowest BCUT2D eigenvalue weighted by molar-refractivity contribution is 0.102. The molecule has 1 aliphatic heterocycles. The highest BCUT2D eigenvalue weighted by atomic mass is 16.5. The number of hydrogen-bond acceptors (Lipinski definition) is 6. The summed E-state index contributed by atoms with van der Waals surface area (Å²) in [4.78, 5) is 24.7. The van der Waals surface area contributed by atoms with Crippen molar-refractivity contribution in [3.05, 3.63) is 52.6 Å². The maximum absolute atomic E-state index is 12.5. The van der Waals surface area contributed by atoms with Crippen LogP contribution in [0.15, 0.2) is 45.9 Å². The summed E-state index contributed by atoms with van der Waals surface area (Å²) in [5.41, 5.74) is 0.0106.